The highest BCUT2D eigenvalue weighted by Crippen LogP contribution is 2.22. The molecule has 32 heavy (non-hydrogen) atoms. The van der Waals surface area contributed by atoms with Crippen LogP contribution in [0.3, 0.4) is 0 Å². The van der Waals surface area contributed by atoms with Crippen molar-refractivity contribution in [3.8, 4) is 5.13 Å². The highest BCUT2D eigenvalue weighted by molar-refractivity contribution is 7.12. The van der Waals surface area contributed by atoms with Gasteiger partial charge in [0.05, 0.1) is 6.33 Å². The average Bonchev–Trinajstić information content (AvgIpc) is 3.48. The van der Waals surface area contributed by atoms with E-state index in [1.807, 2.05) is 16.9 Å². The Balaban J connectivity index is 1.50. The summed E-state index contributed by atoms with van der Waals surface area (Å²) in [6.07, 6.45) is 2.98. The van der Waals surface area contributed by atoms with Gasteiger partial charge in [-0.05, 0) is 19.9 Å². The normalized spacial score (nSPS) is 11.2. The number of carbonyl (C=O) groups excluding carboxylic acids is 2. The molecule has 0 aliphatic rings. The number of esters is 1. The number of nitrogens with zero attached hydrogens (tertiary/aromatic N) is 6. The lowest BCUT2D eigenvalue weighted by atomic mass is 10.1. The molecule has 0 radical (unpaired) electrons. The van der Waals surface area contributed by atoms with Crippen LogP contribution < -0.4 is 11.2 Å². The predicted molar refractivity (Wildman–Crippen MR) is 116 cm³/mol. The molecule has 0 aromatic carbocycles. The summed E-state index contributed by atoms with van der Waals surface area (Å²) in [5.41, 5.74) is 1.18. The fourth-order valence-corrected chi connectivity index (χ4v) is 4.34. The maximum Gasteiger partial charge on any atom is 0.332 e. The van der Waals surface area contributed by atoms with Crippen LogP contribution in [0.1, 0.15) is 21.7 Å². The summed E-state index contributed by atoms with van der Waals surface area (Å²) in [5, 5.41) is 2.60. The largest absolute Gasteiger partial charge is 0.456 e. The summed E-state index contributed by atoms with van der Waals surface area (Å²) in [6.45, 7) is 2.91. The number of thiazole rings is 1. The fourth-order valence-electron chi connectivity index (χ4n) is 3.59. The third-order valence-electron chi connectivity index (χ3n) is 5.22. The Hall–Kier alpha value is -3.80. The number of fused-ring (bicyclic) bond motifs is 1. The number of hydrogen-bond acceptors (Lipinski definition) is 8. The van der Waals surface area contributed by atoms with E-state index in [9.17, 15) is 19.2 Å². The van der Waals surface area contributed by atoms with Crippen LogP contribution in [-0.4, -0.2) is 46.6 Å². The summed E-state index contributed by atoms with van der Waals surface area (Å²) in [4.78, 5) is 57.9. The number of ether oxygens (including phenoxy) is 1. The molecule has 4 aromatic rings. The van der Waals surface area contributed by atoms with Gasteiger partial charge in [0, 0.05) is 42.6 Å². The lowest BCUT2D eigenvalue weighted by Gasteiger charge is -2.08. The van der Waals surface area contributed by atoms with Gasteiger partial charge in [0.1, 0.15) is 6.54 Å². The van der Waals surface area contributed by atoms with Crippen LogP contribution in [0.15, 0.2) is 33.6 Å². The molecule has 0 spiro atoms. The summed E-state index contributed by atoms with van der Waals surface area (Å²) >= 11 is 1.45. The molecule has 0 bridgehead atoms. The van der Waals surface area contributed by atoms with Crippen molar-refractivity contribution in [3.63, 3.8) is 0 Å². The maximum atomic E-state index is 12.7. The zero-order valence-electron chi connectivity index (χ0n) is 17.9. The van der Waals surface area contributed by atoms with Crippen molar-refractivity contribution in [1.82, 2.24) is 28.2 Å². The Morgan fingerprint density at radius 3 is 2.56 bits per heavy atom. The van der Waals surface area contributed by atoms with Crippen LogP contribution in [0, 0.1) is 13.8 Å². The Morgan fingerprint density at radius 2 is 1.88 bits per heavy atom. The number of carbonyl (C=O) groups is 2. The minimum absolute atomic E-state index is 0.102. The van der Waals surface area contributed by atoms with Gasteiger partial charge in [-0.3, -0.25) is 28.1 Å². The molecule has 0 unspecified atom stereocenters. The number of ketones is 1. The molecule has 12 heteroatoms. The van der Waals surface area contributed by atoms with E-state index in [-0.39, 0.29) is 23.5 Å². The molecule has 0 N–H and O–H groups in total. The van der Waals surface area contributed by atoms with Crippen LogP contribution in [0.4, 0.5) is 0 Å². The lowest BCUT2D eigenvalue weighted by molar-refractivity contribution is -0.143. The van der Waals surface area contributed by atoms with Gasteiger partial charge in [0.2, 0.25) is 5.78 Å². The van der Waals surface area contributed by atoms with Gasteiger partial charge in [0.25, 0.3) is 5.56 Å². The SMILES string of the molecule is Cc1cc(C(=O)COC(=O)Cn2cnc3c2c(=O)n(C)c(=O)n3C)c(C)n1-c1nccs1. The smallest absolute Gasteiger partial charge is 0.332 e. The van der Waals surface area contributed by atoms with Gasteiger partial charge in [-0.2, -0.15) is 0 Å². The Kier molecular flexibility index (Phi) is 5.38. The average molecular weight is 456 g/mol. The second-order valence-corrected chi connectivity index (χ2v) is 8.14. The molecular formula is C20H20N6O5S. The predicted octanol–water partition coefficient (Wildman–Crippen LogP) is 0.724. The standard InChI is InChI=1S/C20H20N6O5S/c1-11-7-13(12(2)26(11)19-21-5-6-32-19)14(27)9-31-15(28)8-25-10-22-17-16(25)18(29)24(4)20(30)23(17)3/h5-7,10H,8-9H2,1-4H3. The maximum absolute atomic E-state index is 12.7. The molecule has 0 atom stereocenters. The molecule has 0 saturated heterocycles. The molecular weight excluding hydrogens is 436 g/mol. The second-order valence-electron chi connectivity index (χ2n) is 7.27. The van der Waals surface area contributed by atoms with E-state index in [1.54, 1.807) is 19.2 Å². The first-order valence-electron chi connectivity index (χ1n) is 9.59. The van der Waals surface area contributed by atoms with Crippen molar-refractivity contribution in [2.75, 3.05) is 6.61 Å². The third kappa shape index (κ3) is 3.47. The van der Waals surface area contributed by atoms with E-state index >= 15 is 0 Å². The molecule has 4 aromatic heterocycles. The second kappa shape index (κ2) is 8.04. The molecule has 0 fully saturated rings. The number of Topliss-reactive ketones (excluding diaryl/α,β-unsaturated/α-hetero) is 1. The number of hydrogen-bond donors (Lipinski definition) is 0. The van der Waals surface area contributed by atoms with Crippen molar-refractivity contribution in [2.45, 2.75) is 20.4 Å². The van der Waals surface area contributed by atoms with E-state index in [1.165, 1.54) is 40.9 Å². The summed E-state index contributed by atoms with van der Waals surface area (Å²) < 4.78 is 10.5. The van der Waals surface area contributed by atoms with Gasteiger partial charge < -0.3 is 9.30 Å². The Labute approximate surface area is 185 Å². The highest BCUT2D eigenvalue weighted by atomic mass is 32.1. The van der Waals surface area contributed by atoms with Gasteiger partial charge in [0.15, 0.2) is 22.9 Å². The van der Waals surface area contributed by atoms with Crippen molar-refractivity contribution < 1.29 is 14.3 Å². The number of aryl methyl sites for hydroxylation is 2. The summed E-state index contributed by atoms with van der Waals surface area (Å²) in [6, 6.07) is 1.74. The van der Waals surface area contributed by atoms with E-state index in [2.05, 4.69) is 9.97 Å². The Bertz CT molecular complexity index is 1470. The molecule has 4 rings (SSSR count). The molecule has 11 nitrogen and oxygen atoms in total. The van der Waals surface area contributed by atoms with Crippen LogP contribution in [0.5, 0.6) is 0 Å². The lowest BCUT2D eigenvalue weighted by Crippen LogP contribution is -2.37. The Morgan fingerprint density at radius 1 is 1.12 bits per heavy atom. The van der Waals surface area contributed by atoms with Crippen molar-refractivity contribution in [1.29, 1.82) is 0 Å². The molecule has 0 aliphatic heterocycles. The van der Waals surface area contributed by atoms with E-state index < -0.39 is 23.8 Å². The minimum atomic E-state index is -0.706. The van der Waals surface area contributed by atoms with Gasteiger partial charge in [-0.15, -0.1) is 11.3 Å². The fraction of sp³-hybridized carbons (Fsp3) is 0.300. The number of imidazole rings is 1. The topological polar surface area (TPSA) is 123 Å². The first-order valence-corrected chi connectivity index (χ1v) is 10.5. The minimum Gasteiger partial charge on any atom is -0.456 e. The van der Waals surface area contributed by atoms with Crippen molar-refractivity contribution >= 4 is 34.3 Å². The van der Waals surface area contributed by atoms with Crippen molar-refractivity contribution in [2.24, 2.45) is 14.1 Å². The number of aromatic nitrogens is 6. The first kappa shape index (κ1) is 21.4. The van der Waals surface area contributed by atoms with Gasteiger partial charge >= 0.3 is 11.7 Å². The molecule has 0 aliphatic carbocycles. The van der Waals surface area contributed by atoms with Gasteiger partial charge in [-0.1, -0.05) is 0 Å². The van der Waals surface area contributed by atoms with Crippen LogP contribution in [-0.2, 0) is 30.2 Å². The highest BCUT2D eigenvalue weighted by Gasteiger charge is 2.20. The molecule has 4 heterocycles. The van der Waals surface area contributed by atoms with Crippen LogP contribution in [0.2, 0.25) is 0 Å². The molecule has 166 valence electrons. The van der Waals surface area contributed by atoms with E-state index in [0.717, 1.165) is 15.4 Å². The zero-order chi connectivity index (χ0) is 23.2. The van der Waals surface area contributed by atoms with E-state index in [0.29, 0.717) is 11.3 Å². The summed E-state index contributed by atoms with van der Waals surface area (Å²) in [7, 11) is 2.83. The molecule has 0 saturated carbocycles. The van der Waals surface area contributed by atoms with E-state index in [4.69, 9.17) is 4.74 Å². The quantitative estimate of drug-likeness (QED) is 0.309. The summed E-state index contributed by atoms with van der Waals surface area (Å²) in [5.74, 6) is -1.05. The first-order chi connectivity index (χ1) is 15.2. The third-order valence-corrected chi connectivity index (χ3v) is 5.98. The van der Waals surface area contributed by atoms with Crippen molar-refractivity contribution in [3.05, 3.63) is 61.8 Å². The zero-order valence-corrected chi connectivity index (χ0v) is 18.7. The molecule has 0 amide bonds. The monoisotopic (exact) mass is 456 g/mol. The van der Waals surface area contributed by atoms with Gasteiger partial charge in [-0.25, -0.2) is 14.8 Å². The van der Waals surface area contributed by atoms with Crippen LogP contribution >= 0.6 is 11.3 Å². The number of rotatable bonds is 6. The van der Waals surface area contributed by atoms with Crippen LogP contribution in [0.25, 0.3) is 16.3 Å².